The van der Waals surface area contributed by atoms with Gasteiger partial charge in [0.05, 0.1) is 18.0 Å². The number of nitrogens with one attached hydrogen (secondary N) is 1. The third kappa shape index (κ3) is 3.67. The molecule has 0 bridgehead atoms. The monoisotopic (exact) mass is 361 g/mol. The summed E-state index contributed by atoms with van der Waals surface area (Å²) in [5.74, 6) is 1.19. The first-order valence-electron chi connectivity index (χ1n) is 7.82. The van der Waals surface area contributed by atoms with Crippen LogP contribution in [0.1, 0.15) is 22.8 Å². The summed E-state index contributed by atoms with van der Waals surface area (Å²) in [5.41, 5.74) is 1.37. The largest absolute Gasteiger partial charge is 0.493 e. The molecule has 3 rings (SSSR count). The van der Waals surface area contributed by atoms with Crippen LogP contribution in [0.2, 0.25) is 0 Å². The maximum Gasteiger partial charge on any atom is 0.240 e. The van der Waals surface area contributed by atoms with Gasteiger partial charge < -0.3 is 9.47 Å². The molecule has 25 heavy (non-hydrogen) atoms. The number of ketones is 1. The smallest absolute Gasteiger partial charge is 0.240 e. The second-order valence-electron chi connectivity index (χ2n) is 5.86. The Hall–Kier alpha value is -2.38. The average Bonchev–Trinajstić information content (AvgIpc) is 2.60. The highest BCUT2D eigenvalue weighted by Gasteiger charge is 2.27. The molecule has 7 heteroatoms. The molecule has 0 amide bonds. The van der Waals surface area contributed by atoms with Crippen molar-refractivity contribution in [3.05, 3.63) is 53.6 Å². The lowest BCUT2D eigenvalue weighted by Crippen LogP contribution is -2.42. The number of carbonyl (C=O) groups is 1. The first-order valence-corrected chi connectivity index (χ1v) is 9.31. The van der Waals surface area contributed by atoms with Crippen molar-refractivity contribution in [2.75, 3.05) is 13.7 Å². The number of rotatable bonds is 5. The molecule has 1 aliphatic rings. The Morgan fingerprint density at radius 3 is 2.56 bits per heavy atom. The molecular formula is C18H19NO5S. The number of fused-ring (bicyclic) bond motifs is 1. The van der Waals surface area contributed by atoms with Crippen LogP contribution in [0.15, 0.2) is 47.4 Å². The number of Topliss-reactive ketones (excluding diaryl/α,β-unsaturated/α-hetero) is 1. The van der Waals surface area contributed by atoms with E-state index in [9.17, 15) is 13.2 Å². The third-order valence-electron chi connectivity index (χ3n) is 4.07. The predicted molar refractivity (Wildman–Crippen MR) is 92.7 cm³/mol. The summed E-state index contributed by atoms with van der Waals surface area (Å²) in [7, 11) is -2.13. The van der Waals surface area contributed by atoms with Gasteiger partial charge in [-0.1, -0.05) is 24.3 Å². The van der Waals surface area contributed by atoms with Crippen molar-refractivity contribution in [1.82, 2.24) is 4.72 Å². The molecule has 0 saturated carbocycles. The van der Waals surface area contributed by atoms with E-state index in [2.05, 4.69) is 4.72 Å². The Balaban J connectivity index is 1.76. The molecule has 0 spiro atoms. The van der Waals surface area contributed by atoms with Gasteiger partial charge in [0, 0.05) is 5.56 Å². The van der Waals surface area contributed by atoms with Crippen LogP contribution in [0.4, 0.5) is 0 Å². The van der Waals surface area contributed by atoms with Gasteiger partial charge in [0.1, 0.15) is 6.61 Å². The van der Waals surface area contributed by atoms with Crippen LogP contribution >= 0.6 is 0 Å². The molecule has 0 radical (unpaired) electrons. The van der Waals surface area contributed by atoms with Crippen LogP contribution in [-0.4, -0.2) is 34.0 Å². The summed E-state index contributed by atoms with van der Waals surface area (Å²) >= 11 is 0. The number of hydrogen-bond acceptors (Lipinski definition) is 5. The predicted octanol–water partition coefficient (Wildman–Crippen LogP) is 2.18. The molecule has 0 saturated heterocycles. The molecule has 1 N–H and O–H groups in total. The number of benzene rings is 2. The highest BCUT2D eigenvalue weighted by molar-refractivity contribution is 7.89. The van der Waals surface area contributed by atoms with Crippen molar-refractivity contribution in [1.29, 1.82) is 0 Å². The van der Waals surface area contributed by atoms with Gasteiger partial charge in [-0.25, -0.2) is 13.1 Å². The summed E-state index contributed by atoms with van der Waals surface area (Å²) in [5, 5.41) is 0. The minimum atomic E-state index is -3.69. The molecule has 1 atom stereocenters. The molecule has 0 fully saturated rings. The quantitative estimate of drug-likeness (QED) is 0.826. The number of carbonyl (C=O) groups excluding carboxylic acids is 1. The van der Waals surface area contributed by atoms with Crippen molar-refractivity contribution < 1.29 is 22.7 Å². The summed E-state index contributed by atoms with van der Waals surface area (Å²) in [6.07, 6.45) is 0.511. The Morgan fingerprint density at radius 1 is 1.20 bits per heavy atom. The summed E-state index contributed by atoms with van der Waals surface area (Å²) < 4.78 is 38.7. The van der Waals surface area contributed by atoms with Crippen molar-refractivity contribution in [3.63, 3.8) is 0 Å². The van der Waals surface area contributed by atoms with Gasteiger partial charge in [-0.15, -0.1) is 0 Å². The Morgan fingerprint density at radius 2 is 1.92 bits per heavy atom. The van der Waals surface area contributed by atoms with Crippen molar-refractivity contribution in [3.8, 4) is 11.5 Å². The molecule has 0 aliphatic carbocycles. The fourth-order valence-electron chi connectivity index (χ4n) is 2.79. The molecule has 6 nitrogen and oxygen atoms in total. The first-order chi connectivity index (χ1) is 11.9. The lowest BCUT2D eigenvalue weighted by Gasteiger charge is -2.27. The molecule has 0 aromatic heterocycles. The van der Waals surface area contributed by atoms with E-state index in [4.69, 9.17) is 9.47 Å². The van der Waals surface area contributed by atoms with Crippen LogP contribution in [0, 0.1) is 0 Å². The number of para-hydroxylation sites is 1. The Bertz CT molecular complexity index is 890. The molecule has 1 aliphatic heterocycles. The minimum Gasteiger partial charge on any atom is -0.493 e. The van der Waals surface area contributed by atoms with E-state index in [1.807, 2.05) is 12.1 Å². The van der Waals surface area contributed by atoms with Crippen LogP contribution < -0.4 is 14.2 Å². The van der Waals surface area contributed by atoms with Gasteiger partial charge in [-0.2, -0.15) is 0 Å². The van der Waals surface area contributed by atoms with Crippen LogP contribution in [0.5, 0.6) is 11.5 Å². The number of sulfonamides is 1. The molecule has 1 heterocycles. The molecular weight excluding hydrogens is 342 g/mol. The highest BCUT2D eigenvalue weighted by Crippen LogP contribution is 2.34. The van der Waals surface area contributed by atoms with Crippen LogP contribution in [0.25, 0.3) is 0 Å². The second kappa shape index (κ2) is 6.85. The standard InChI is InChI=1S/C18H19NO5S/c1-12(20)13-6-8-16(9-7-13)25(21,22)19-15-10-14-4-3-5-17(23-2)18(14)24-11-15/h3-9,15,19H,10-11H2,1-2H3. The zero-order valence-corrected chi connectivity index (χ0v) is 14.8. The zero-order chi connectivity index (χ0) is 18.0. The van der Waals surface area contributed by atoms with Gasteiger partial charge in [0.25, 0.3) is 0 Å². The minimum absolute atomic E-state index is 0.108. The van der Waals surface area contributed by atoms with E-state index in [0.29, 0.717) is 23.5 Å². The topological polar surface area (TPSA) is 81.7 Å². The summed E-state index contributed by atoms with van der Waals surface area (Å²) in [6, 6.07) is 11.0. The van der Waals surface area contributed by atoms with Crippen LogP contribution in [-0.2, 0) is 16.4 Å². The molecule has 2 aromatic rings. The lowest BCUT2D eigenvalue weighted by molar-refractivity contribution is 0.101. The molecule has 132 valence electrons. The van der Waals surface area contributed by atoms with E-state index in [1.165, 1.54) is 31.2 Å². The fourth-order valence-corrected chi connectivity index (χ4v) is 4.01. The SMILES string of the molecule is COc1cccc2c1OCC(NS(=O)(=O)c1ccc(C(C)=O)cc1)C2. The number of ether oxygens (including phenoxy) is 2. The van der Waals surface area contributed by atoms with Gasteiger partial charge in [-0.05, 0) is 37.1 Å². The highest BCUT2D eigenvalue weighted by atomic mass is 32.2. The Labute approximate surface area is 146 Å². The van der Waals surface area contributed by atoms with Gasteiger partial charge >= 0.3 is 0 Å². The lowest BCUT2D eigenvalue weighted by atomic mass is 10.0. The van der Waals surface area contributed by atoms with E-state index >= 15 is 0 Å². The summed E-state index contributed by atoms with van der Waals surface area (Å²) in [6.45, 7) is 1.66. The normalized spacial score (nSPS) is 16.6. The van der Waals surface area contributed by atoms with Crippen LogP contribution in [0.3, 0.4) is 0 Å². The van der Waals surface area contributed by atoms with E-state index in [-0.39, 0.29) is 23.3 Å². The third-order valence-corrected chi connectivity index (χ3v) is 5.60. The van der Waals surface area contributed by atoms with E-state index in [0.717, 1.165) is 5.56 Å². The van der Waals surface area contributed by atoms with E-state index in [1.54, 1.807) is 13.2 Å². The van der Waals surface area contributed by atoms with E-state index < -0.39 is 10.0 Å². The first kappa shape index (κ1) is 17.4. The maximum absolute atomic E-state index is 12.5. The summed E-state index contributed by atoms with van der Waals surface area (Å²) in [4.78, 5) is 11.4. The van der Waals surface area contributed by atoms with Crippen molar-refractivity contribution in [2.24, 2.45) is 0 Å². The van der Waals surface area contributed by atoms with Gasteiger partial charge in [0.15, 0.2) is 17.3 Å². The number of hydrogen-bond donors (Lipinski definition) is 1. The van der Waals surface area contributed by atoms with Gasteiger partial charge in [-0.3, -0.25) is 4.79 Å². The number of methoxy groups -OCH3 is 1. The fraction of sp³-hybridized carbons (Fsp3) is 0.278. The molecule has 1 unspecified atom stereocenters. The average molecular weight is 361 g/mol. The second-order valence-corrected chi connectivity index (χ2v) is 7.58. The molecule has 2 aromatic carbocycles. The van der Waals surface area contributed by atoms with Crippen molar-refractivity contribution >= 4 is 15.8 Å². The van der Waals surface area contributed by atoms with Crippen molar-refractivity contribution in [2.45, 2.75) is 24.3 Å². The Kier molecular flexibility index (Phi) is 4.78. The van der Waals surface area contributed by atoms with Gasteiger partial charge in [0.2, 0.25) is 10.0 Å². The zero-order valence-electron chi connectivity index (χ0n) is 14.0. The maximum atomic E-state index is 12.5.